The highest BCUT2D eigenvalue weighted by molar-refractivity contribution is 6.10. The first kappa shape index (κ1) is 26.7. The lowest BCUT2D eigenvalue weighted by Crippen LogP contribution is -2.30. The summed E-state index contributed by atoms with van der Waals surface area (Å²) in [6, 6.07) is 38.6. The SMILES string of the molecule is Cc1ccccc1N1C=C2NC1=Nc1nc(cn1-c1ccccc1)C1=CN(c3ccccc3)C(=Nc3nc2cn3-c2ccccc2)N1. The molecule has 0 saturated carbocycles. The summed E-state index contributed by atoms with van der Waals surface area (Å²) in [4.78, 5) is 24.6. The van der Waals surface area contributed by atoms with Crippen LogP contribution in [-0.4, -0.2) is 31.0 Å². The quantitative estimate of drug-likeness (QED) is 0.226. The topological polar surface area (TPSA) is 90.9 Å². The van der Waals surface area contributed by atoms with Crippen molar-refractivity contribution in [1.82, 2.24) is 29.7 Å². The molecule has 0 unspecified atom stereocenters. The maximum absolute atomic E-state index is 5.17. The Balaban J connectivity index is 1.30. The van der Waals surface area contributed by atoms with Crippen LogP contribution in [0.3, 0.4) is 0 Å². The van der Waals surface area contributed by atoms with E-state index in [1.54, 1.807) is 0 Å². The first-order valence-corrected chi connectivity index (χ1v) is 15.3. The van der Waals surface area contributed by atoms with Crippen molar-refractivity contribution >= 4 is 46.6 Å². The Bertz CT molecular complexity index is 2260. The van der Waals surface area contributed by atoms with Gasteiger partial charge >= 0.3 is 0 Å². The van der Waals surface area contributed by atoms with Gasteiger partial charge in [0.05, 0.1) is 17.1 Å². The molecule has 10 heteroatoms. The number of hydrogen-bond donors (Lipinski definition) is 2. The molecule has 5 heterocycles. The molecule has 3 aliphatic rings. The van der Waals surface area contributed by atoms with E-state index in [9.17, 15) is 0 Å². The van der Waals surface area contributed by atoms with E-state index >= 15 is 0 Å². The minimum atomic E-state index is 0.521. The Morgan fingerprint density at radius 3 is 1.47 bits per heavy atom. The lowest BCUT2D eigenvalue weighted by molar-refractivity contribution is 1.03. The molecule has 6 aromatic rings. The van der Waals surface area contributed by atoms with Crippen molar-refractivity contribution in [3.63, 3.8) is 0 Å². The van der Waals surface area contributed by atoms with E-state index in [1.807, 2.05) is 142 Å². The van der Waals surface area contributed by atoms with Crippen molar-refractivity contribution in [2.24, 2.45) is 9.98 Å². The van der Waals surface area contributed by atoms with Crippen LogP contribution < -0.4 is 20.4 Å². The first-order chi connectivity index (χ1) is 23.2. The summed E-state index contributed by atoms with van der Waals surface area (Å²) in [7, 11) is 0. The number of fused-ring (bicyclic) bond motifs is 10. The fourth-order valence-corrected chi connectivity index (χ4v) is 5.94. The molecule has 0 radical (unpaired) electrons. The molecule has 10 nitrogen and oxygen atoms in total. The van der Waals surface area contributed by atoms with E-state index in [4.69, 9.17) is 20.0 Å². The minimum absolute atomic E-state index is 0.521. The van der Waals surface area contributed by atoms with Crippen LogP contribution >= 0.6 is 0 Å². The summed E-state index contributed by atoms with van der Waals surface area (Å²) < 4.78 is 4.01. The van der Waals surface area contributed by atoms with Gasteiger partial charge in [-0.25, -0.2) is 9.97 Å². The maximum atomic E-state index is 5.17. The Morgan fingerprint density at radius 2 is 0.936 bits per heavy atom. The normalized spacial score (nSPS) is 14.8. The molecule has 0 amide bonds. The van der Waals surface area contributed by atoms with Crippen molar-refractivity contribution in [2.75, 3.05) is 9.80 Å². The summed E-state index contributed by atoms with van der Waals surface area (Å²) in [6.45, 7) is 2.09. The van der Waals surface area contributed by atoms with Gasteiger partial charge in [0.15, 0.2) is 0 Å². The third kappa shape index (κ3) is 4.67. The van der Waals surface area contributed by atoms with Gasteiger partial charge in [-0.1, -0.05) is 72.8 Å². The second-order valence-electron chi connectivity index (χ2n) is 11.3. The fraction of sp³-hybridized carbons (Fsp3) is 0.0270. The highest BCUT2D eigenvalue weighted by Gasteiger charge is 2.30. The van der Waals surface area contributed by atoms with Crippen molar-refractivity contribution < 1.29 is 0 Å². The number of guanidine groups is 2. The third-order valence-electron chi connectivity index (χ3n) is 8.28. The highest BCUT2D eigenvalue weighted by atomic mass is 15.4. The van der Waals surface area contributed by atoms with Crippen LogP contribution in [-0.2, 0) is 0 Å². The van der Waals surface area contributed by atoms with Gasteiger partial charge in [0, 0.05) is 41.9 Å². The monoisotopic (exact) mass is 612 g/mol. The van der Waals surface area contributed by atoms with Crippen molar-refractivity contribution in [2.45, 2.75) is 6.92 Å². The lowest BCUT2D eigenvalue weighted by atomic mass is 10.2. The molecule has 0 fully saturated rings. The maximum Gasteiger partial charge on any atom is 0.238 e. The molecule has 0 atom stereocenters. The molecule has 8 bridgehead atoms. The van der Waals surface area contributed by atoms with Crippen molar-refractivity contribution in [3.05, 3.63) is 157 Å². The number of benzene rings is 4. The van der Waals surface area contributed by atoms with E-state index in [2.05, 4.69) is 34.6 Å². The highest BCUT2D eigenvalue weighted by Crippen LogP contribution is 2.33. The number of para-hydroxylation sites is 4. The second kappa shape index (κ2) is 10.7. The van der Waals surface area contributed by atoms with Crippen LogP contribution in [0.1, 0.15) is 17.0 Å². The molecular weight excluding hydrogens is 584 g/mol. The van der Waals surface area contributed by atoms with Crippen LogP contribution in [0.25, 0.3) is 22.8 Å². The Labute approximate surface area is 271 Å². The molecule has 47 heavy (non-hydrogen) atoms. The number of aromatic nitrogens is 4. The Kier molecular flexibility index (Phi) is 6.10. The van der Waals surface area contributed by atoms with Gasteiger partial charge in [-0.2, -0.15) is 9.98 Å². The molecule has 3 aliphatic heterocycles. The Morgan fingerprint density at radius 1 is 0.489 bits per heavy atom. The molecule has 0 spiro atoms. The zero-order valence-corrected chi connectivity index (χ0v) is 25.4. The predicted octanol–water partition coefficient (Wildman–Crippen LogP) is 6.87. The van der Waals surface area contributed by atoms with Crippen molar-refractivity contribution in [1.29, 1.82) is 0 Å². The predicted molar refractivity (Wildman–Crippen MR) is 186 cm³/mol. The standard InChI is InChI=1S/C37H28N10/c1-25-13-11-12-20-33(25)47-24-32-31-23-45(27-16-7-3-8-17-27)35(40-31)42-34-38-29(21-44(34)26-14-5-2-6-15-26)30-22-46(28-18-9-4-10-19-28)36(39-30)43-37(47)41-32/h2-24H,1H3,(H,38,40,42)(H,39,41,43). The third-order valence-corrected chi connectivity index (χ3v) is 8.28. The zero-order chi connectivity index (χ0) is 31.3. The van der Waals surface area contributed by atoms with Gasteiger partial charge in [-0.15, -0.1) is 0 Å². The number of aliphatic imine (C=N–C) groups is 2. The largest absolute Gasteiger partial charge is 0.322 e. The van der Waals surface area contributed by atoms with Crippen LogP contribution in [0.15, 0.2) is 150 Å². The smallest absolute Gasteiger partial charge is 0.238 e. The van der Waals surface area contributed by atoms with E-state index in [-0.39, 0.29) is 0 Å². The molecule has 2 N–H and O–H groups in total. The van der Waals surface area contributed by atoms with Gasteiger partial charge in [-0.05, 0) is 55.0 Å². The first-order valence-electron chi connectivity index (χ1n) is 15.3. The number of rotatable bonds is 4. The minimum Gasteiger partial charge on any atom is -0.322 e. The molecule has 0 aliphatic carbocycles. The van der Waals surface area contributed by atoms with Gasteiger partial charge in [0.25, 0.3) is 0 Å². The molecule has 9 rings (SSSR count). The van der Waals surface area contributed by atoms with Crippen LogP contribution in [0.2, 0.25) is 0 Å². The van der Waals surface area contributed by atoms with Gasteiger partial charge in [-0.3, -0.25) is 18.9 Å². The van der Waals surface area contributed by atoms with Gasteiger partial charge in [0.2, 0.25) is 23.8 Å². The fourth-order valence-electron chi connectivity index (χ4n) is 5.94. The van der Waals surface area contributed by atoms with Gasteiger partial charge < -0.3 is 10.6 Å². The summed E-state index contributed by atoms with van der Waals surface area (Å²) in [5.41, 5.74) is 7.97. The average Bonchev–Trinajstić information content (AvgIpc) is 3.92. The number of imidazole rings is 2. The lowest BCUT2D eigenvalue weighted by Gasteiger charge is -2.18. The molecule has 4 aromatic carbocycles. The molecule has 226 valence electrons. The number of nitrogens with zero attached hydrogens (tertiary/aromatic N) is 8. The number of anilines is 2. The van der Waals surface area contributed by atoms with E-state index < -0.39 is 0 Å². The number of hydrogen-bond acceptors (Lipinski definition) is 8. The zero-order valence-electron chi connectivity index (χ0n) is 25.4. The summed E-state index contributed by atoms with van der Waals surface area (Å²) in [6.07, 6.45) is 8.06. The second-order valence-corrected chi connectivity index (χ2v) is 11.3. The summed E-state index contributed by atoms with van der Waals surface area (Å²) in [5, 5.41) is 7.11. The van der Waals surface area contributed by atoms with E-state index in [0.717, 1.165) is 51.1 Å². The van der Waals surface area contributed by atoms with Gasteiger partial charge in [0.1, 0.15) is 11.4 Å². The molecule has 2 aromatic heterocycles. The summed E-state index contributed by atoms with van der Waals surface area (Å²) >= 11 is 0. The van der Waals surface area contributed by atoms with Crippen LogP contribution in [0.5, 0.6) is 0 Å². The van der Waals surface area contributed by atoms with Crippen molar-refractivity contribution in [3.8, 4) is 11.4 Å². The summed E-state index contributed by atoms with van der Waals surface area (Å²) in [5.74, 6) is 2.26. The molecule has 0 saturated heterocycles. The number of nitrogens with one attached hydrogen (secondary N) is 2. The van der Waals surface area contributed by atoms with Crippen LogP contribution in [0.4, 0.5) is 23.3 Å². The number of aryl methyl sites for hydroxylation is 1. The Hall–Kier alpha value is -6.68. The van der Waals surface area contributed by atoms with Crippen LogP contribution in [0, 0.1) is 6.92 Å². The molecular formula is C37H28N10. The average molecular weight is 613 g/mol. The van der Waals surface area contributed by atoms with E-state index in [1.165, 1.54) is 0 Å². The van der Waals surface area contributed by atoms with E-state index in [0.29, 0.717) is 23.8 Å².